The van der Waals surface area contributed by atoms with Gasteiger partial charge in [0.15, 0.2) is 0 Å². The third kappa shape index (κ3) is 3.37. The van der Waals surface area contributed by atoms with E-state index in [2.05, 4.69) is 97.9 Å². The van der Waals surface area contributed by atoms with Gasteiger partial charge in [0, 0.05) is 25.3 Å². The molecule has 0 saturated heterocycles. The monoisotopic (exact) mass is 305 g/mol. The normalized spacial score (nSPS) is 11.0. The molecule has 0 N–H and O–H groups in total. The van der Waals surface area contributed by atoms with Gasteiger partial charge in [0.05, 0.1) is 0 Å². The minimum Gasteiger partial charge on any atom is -0.377 e. The lowest BCUT2D eigenvalue weighted by Gasteiger charge is -2.17. The van der Waals surface area contributed by atoms with Crippen molar-refractivity contribution in [1.82, 2.24) is 0 Å². The molecule has 110 valence electrons. The second-order valence-corrected chi connectivity index (χ2v) is 6.88. The van der Waals surface area contributed by atoms with Crippen LogP contribution >= 0.6 is 8.58 Å². The van der Waals surface area contributed by atoms with Crippen molar-refractivity contribution in [2.24, 2.45) is 0 Å². The highest BCUT2D eigenvalue weighted by molar-refractivity contribution is 7.55. The van der Waals surface area contributed by atoms with Gasteiger partial charge in [0.1, 0.15) is 0 Å². The number of nitrogens with zero attached hydrogens (tertiary/aromatic N) is 1. The maximum Gasteiger partial charge on any atom is 0.0440 e. The summed E-state index contributed by atoms with van der Waals surface area (Å²) >= 11 is 0. The third-order valence-electron chi connectivity index (χ3n) is 3.64. The second kappa shape index (κ2) is 6.77. The Labute approximate surface area is 134 Å². The van der Waals surface area contributed by atoms with Crippen molar-refractivity contribution in [1.29, 1.82) is 0 Å². The van der Waals surface area contributed by atoms with Crippen molar-refractivity contribution in [3.05, 3.63) is 78.9 Å². The molecule has 0 bridgehead atoms. The Morgan fingerprint density at radius 1 is 0.636 bits per heavy atom. The summed E-state index contributed by atoms with van der Waals surface area (Å²) in [4.78, 5) is 2.16. The van der Waals surface area contributed by atoms with Gasteiger partial charge in [-0.25, -0.2) is 0 Å². The van der Waals surface area contributed by atoms with Crippen molar-refractivity contribution in [2.75, 3.05) is 19.0 Å². The van der Waals surface area contributed by atoms with E-state index in [9.17, 15) is 0 Å². The molecule has 1 atom stereocenters. The SMILES string of the molecule is CN(C)c1ccccc1-c1ccc(Pc2ccccc2)cc1. The number of benzene rings is 3. The fourth-order valence-electron chi connectivity index (χ4n) is 2.53. The van der Waals surface area contributed by atoms with Crippen LogP contribution in [0.1, 0.15) is 0 Å². The minimum atomic E-state index is 0.713. The first-order chi connectivity index (χ1) is 10.7. The minimum absolute atomic E-state index is 0.713. The average molecular weight is 305 g/mol. The molecule has 3 rings (SSSR count). The summed E-state index contributed by atoms with van der Waals surface area (Å²) in [6.45, 7) is 0. The van der Waals surface area contributed by atoms with Crippen LogP contribution in [0.5, 0.6) is 0 Å². The van der Waals surface area contributed by atoms with E-state index >= 15 is 0 Å². The molecule has 3 aromatic rings. The summed E-state index contributed by atoms with van der Waals surface area (Å²) in [5.74, 6) is 0. The summed E-state index contributed by atoms with van der Waals surface area (Å²) in [6, 6.07) is 28.1. The van der Waals surface area contributed by atoms with Crippen molar-refractivity contribution >= 4 is 24.9 Å². The Morgan fingerprint density at radius 3 is 1.91 bits per heavy atom. The van der Waals surface area contributed by atoms with E-state index in [-0.39, 0.29) is 0 Å². The molecule has 0 aliphatic rings. The maximum absolute atomic E-state index is 2.24. The zero-order valence-electron chi connectivity index (χ0n) is 13.0. The molecule has 0 amide bonds. The number of hydrogen-bond donors (Lipinski definition) is 0. The van der Waals surface area contributed by atoms with Gasteiger partial charge in [-0.15, -0.1) is 0 Å². The van der Waals surface area contributed by atoms with Crippen LogP contribution in [0.3, 0.4) is 0 Å². The van der Waals surface area contributed by atoms with Crippen molar-refractivity contribution in [3.8, 4) is 11.1 Å². The van der Waals surface area contributed by atoms with Crippen LogP contribution in [0.25, 0.3) is 11.1 Å². The number of anilines is 1. The molecule has 0 aliphatic heterocycles. The van der Waals surface area contributed by atoms with E-state index in [4.69, 9.17) is 0 Å². The first kappa shape index (κ1) is 14.8. The smallest absolute Gasteiger partial charge is 0.0440 e. The zero-order chi connectivity index (χ0) is 15.4. The highest BCUT2D eigenvalue weighted by Crippen LogP contribution is 2.29. The maximum atomic E-state index is 2.24. The van der Waals surface area contributed by atoms with Crippen LogP contribution in [-0.4, -0.2) is 14.1 Å². The predicted molar refractivity (Wildman–Crippen MR) is 100 cm³/mol. The van der Waals surface area contributed by atoms with Gasteiger partial charge in [0.25, 0.3) is 0 Å². The first-order valence-electron chi connectivity index (χ1n) is 7.43. The van der Waals surface area contributed by atoms with E-state index in [1.54, 1.807) is 0 Å². The zero-order valence-corrected chi connectivity index (χ0v) is 14.0. The Kier molecular flexibility index (Phi) is 4.56. The van der Waals surface area contributed by atoms with Crippen molar-refractivity contribution < 1.29 is 0 Å². The molecule has 2 heteroatoms. The summed E-state index contributed by atoms with van der Waals surface area (Å²) in [7, 11) is 4.89. The lowest BCUT2D eigenvalue weighted by Crippen LogP contribution is -2.10. The molecule has 22 heavy (non-hydrogen) atoms. The topological polar surface area (TPSA) is 3.24 Å². The van der Waals surface area contributed by atoms with E-state index < -0.39 is 0 Å². The Morgan fingerprint density at radius 2 is 1.23 bits per heavy atom. The van der Waals surface area contributed by atoms with Crippen LogP contribution in [-0.2, 0) is 0 Å². The Hall–Kier alpha value is -2.11. The summed E-state index contributed by atoms with van der Waals surface area (Å²) < 4.78 is 0. The lowest BCUT2D eigenvalue weighted by molar-refractivity contribution is 1.13. The van der Waals surface area contributed by atoms with E-state index in [1.807, 2.05) is 0 Å². The van der Waals surface area contributed by atoms with E-state index in [0.717, 1.165) is 0 Å². The molecule has 3 aromatic carbocycles. The number of para-hydroxylation sites is 1. The summed E-state index contributed by atoms with van der Waals surface area (Å²) in [6.07, 6.45) is 0. The van der Waals surface area contributed by atoms with Crippen LogP contribution < -0.4 is 15.5 Å². The summed E-state index contributed by atoms with van der Waals surface area (Å²) in [5.41, 5.74) is 3.80. The van der Waals surface area contributed by atoms with Crippen molar-refractivity contribution in [3.63, 3.8) is 0 Å². The van der Waals surface area contributed by atoms with Crippen LogP contribution in [0.4, 0.5) is 5.69 Å². The fraction of sp³-hybridized carbons (Fsp3) is 0.100. The lowest BCUT2D eigenvalue weighted by atomic mass is 10.0. The molecule has 0 heterocycles. The molecule has 0 radical (unpaired) electrons. The van der Waals surface area contributed by atoms with Gasteiger partial charge in [-0.1, -0.05) is 81.4 Å². The summed E-state index contributed by atoms with van der Waals surface area (Å²) in [5, 5.41) is 2.75. The van der Waals surface area contributed by atoms with Crippen molar-refractivity contribution in [2.45, 2.75) is 0 Å². The van der Waals surface area contributed by atoms with E-state index in [0.29, 0.717) is 8.58 Å². The number of hydrogen-bond acceptors (Lipinski definition) is 1. The number of rotatable bonds is 4. The molecule has 0 spiro atoms. The standard InChI is InChI=1S/C20H20NP/c1-21(2)20-11-7-6-10-19(20)16-12-14-18(15-13-16)22-17-8-4-3-5-9-17/h3-15,22H,1-2H3. The molecule has 0 aromatic heterocycles. The largest absolute Gasteiger partial charge is 0.377 e. The van der Waals surface area contributed by atoms with Gasteiger partial charge in [0.2, 0.25) is 0 Å². The van der Waals surface area contributed by atoms with Crippen LogP contribution in [0.15, 0.2) is 78.9 Å². The van der Waals surface area contributed by atoms with Crippen LogP contribution in [0, 0.1) is 0 Å². The second-order valence-electron chi connectivity index (χ2n) is 5.48. The molecule has 0 saturated carbocycles. The molecule has 1 unspecified atom stereocenters. The third-order valence-corrected chi connectivity index (χ3v) is 4.89. The fourth-order valence-corrected chi connectivity index (χ4v) is 3.55. The molecular weight excluding hydrogens is 285 g/mol. The quantitative estimate of drug-likeness (QED) is 0.657. The molecule has 0 aliphatic carbocycles. The molecule has 0 fully saturated rings. The highest BCUT2D eigenvalue weighted by atomic mass is 31.1. The molecular formula is C20H20NP. The van der Waals surface area contributed by atoms with Gasteiger partial charge in [-0.3, -0.25) is 0 Å². The van der Waals surface area contributed by atoms with Gasteiger partial charge < -0.3 is 4.90 Å². The Balaban J connectivity index is 1.86. The van der Waals surface area contributed by atoms with Gasteiger partial charge in [-0.2, -0.15) is 0 Å². The predicted octanol–water partition coefficient (Wildman–Crippen LogP) is 4.05. The highest BCUT2D eigenvalue weighted by Gasteiger charge is 2.06. The molecule has 1 nitrogen and oxygen atoms in total. The first-order valence-corrected chi connectivity index (χ1v) is 8.43. The van der Waals surface area contributed by atoms with Gasteiger partial charge >= 0.3 is 0 Å². The van der Waals surface area contributed by atoms with E-state index in [1.165, 1.54) is 27.4 Å². The van der Waals surface area contributed by atoms with Gasteiger partial charge in [-0.05, 0) is 22.2 Å². The van der Waals surface area contributed by atoms with Crippen LogP contribution in [0.2, 0.25) is 0 Å². The average Bonchev–Trinajstić information content (AvgIpc) is 2.56. The Bertz CT molecular complexity index is 733.